The summed E-state index contributed by atoms with van der Waals surface area (Å²) in [6, 6.07) is 3.81. The van der Waals surface area contributed by atoms with Crippen LogP contribution in [-0.4, -0.2) is 30.4 Å². The summed E-state index contributed by atoms with van der Waals surface area (Å²) >= 11 is 1.48. The van der Waals surface area contributed by atoms with E-state index in [1.165, 1.54) is 18.9 Å². The highest BCUT2D eigenvalue weighted by molar-refractivity contribution is 8.00. The van der Waals surface area contributed by atoms with E-state index in [1.807, 2.05) is 12.1 Å². The highest BCUT2D eigenvalue weighted by atomic mass is 32.2. The fourth-order valence-corrected chi connectivity index (χ4v) is 2.05. The van der Waals surface area contributed by atoms with E-state index in [9.17, 15) is 4.79 Å². The second kappa shape index (κ2) is 6.42. The second-order valence-corrected chi connectivity index (χ2v) is 4.08. The Morgan fingerprint density at radius 2 is 2.27 bits per heavy atom. The lowest BCUT2D eigenvalue weighted by molar-refractivity contribution is -0.137. The predicted octanol–water partition coefficient (Wildman–Crippen LogP) is 0.988. The van der Waals surface area contributed by atoms with Crippen molar-refractivity contribution < 1.29 is 9.53 Å². The third kappa shape index (κ3) is 3.89. The molecular formula is C10H14N2O2S. The van der Waals surface area contributed by atoms with E-state index in [-0.39, 0.29) is 11.2 Å². The molecule has 0 saturated heterocycles. The van der Waals surface area contributed by atoms with Gasteiger partial charge in [0.2, 0.25) is 0 Å². The molecule has 1 heterocycles. The molecule has 0 saturated carbocycles. The highest BCUT2D eigenvalue weighted by Gasteiger charge is 2.12. The number of methoxy groups -OCH3 is 1. The molecule has 82 valence electrons. The molecular weight excluding hydrogens is 212 g/mol. The molecule has 2 N–H and O–H groups in total. The van der Waals surface area contributed by atoms with Crippen LogP contribution < -0.4 is 5.73 Å². The minimum Gasteiger partial charge on any atom is -0.468 e. The molecule has 0 spiro atoms. The fraction of sp³-hybridized carbons (Fsp3) is 0.400. The molecule has 0 aromatic carbocycles. The monoisotopic (exact) mass is 226 g/mol. The average Bonchev–Trinajstić information content (AvgIpc) is 2.31. The summed E-state index contributed by atoms with van der Waals surface area (Å²) in [4.78, 5) is 14.9. The van der Waals surface area contributed by atoms with Gasteiger partial charge in [-0.15, -0.1) is 11.8 Å². The van der Waals surface area contributed by atoms with Crippen LogP contribution in [0.1, 0.15) is 10.8 Å². The number of carbonyl (C=O) groups excluding carboxylic acids is 1. The molecule has 15 heavy (non-hydrogen) atoms. The Morgan fingerprint density at radius 1 is 1.60 bits per heavy atom. The van der Waals surface area contributed by atoms with E-state index >= 15 is 0 Å². The van der Waals surface area contributed by atoms with Crippen LogP contribution in [-0.2, 0) is 9.53 Å². The van der Waals surface area contributed by atoms with E-state index < -0.39 is 0 Å². The molecule has 1 aromatic heterocycles. The molecule has 1 aromatic rings. The molecule has 4 nitrogen and oxygen atoms in total. The number of aromatic nitrogens is 1. The Balaban J connectivity index is 2.53. The largest absolute Gasteiger partial charge is 0.468 e. The van der Waals surface area contributed by atoms with Crippen LogP contribution in [0.4, 0.5) is 0 Å². The number of pyridine rings is 1. The van der Waals surface area contributed by atoms with Gasteiger partial charge in [-0.1, -0.05) is 0 Å². The van der Waals surface area contributed by atoms with Crippen LogP contribution in [0.2, 0.25) is 0 Å². The quantitative estimate of drug-likeness (QED) is 0.758. The number of nitrogens with zero attached hydrogens (tertiary/aromatic N) is 1. The van der Waals surface area contributed by atoms with Crippen molar-refractivity contribution in [3.8, 4) is 0 Å². The van der Waals surface area contributed by atoms with Crippen molar-refractivity contribution in [1.29, 1.82) is 0 Å². The minimum absolute atomic E-state index is 0.118. The Morgan fingerprint density at radius 3 is 2.80 bits per heavy atom. The Bertz CT molecular complexity index is 306. The third-order valence-corrected chi connectivity index (χ3v) is 3.19. The summed E-state index contributed by atoms with van der Waals surface area (Å²) in [7, 11) is 1.38. The first-order valence-electron chi connectivity index (χ1n) is 4.56. The molecule has 0 aliphatic heterocycles. The maximum atomic E-state index is 11.0. The summed E-state index contributed by atoms with van der Waals surface area (Å²) in [6.45, 7) is 0.492. The number of rotatable bonds is 5. The lowest BCUT2D eigenvalue weighted by Crippen LogP contribution is -2.13. The third-order valence-electron chi connectivity index (χ3n) is 1.92. The van der Waals surface area contributed by atoms with Gasteiger partial charge in [-0.25, -0.2) is 0 Å². The lowest BCUT2D eigenvalue weighted by atomic mass is 10.2. The maximum absolute atomic E-state index is 11.0. The van der Waals surface area contributed by atoms with Gasteiger partial charge >= 0.3 is 5.97 Å². The number of hydrogen-bond acceptors (Lipinski definition) is 5. The number of ether oxygens (including phenoxy) is 1. The van der Waals surface area contributed by atoms with Gasteiger partial charge in [-0.2, -0.15) is 0 Å². The summed E-state index contributed by atoms with van der Waals surface area (Å²) in [5.74, 6) is 0.0910. The second-order valence-electron chi connectivity index (χ2n) is 2.89. The zero-order chi connectivity index (χ0) is 11.1. The smallest absolute Gasteiger partial charge is 0.315 e. The van der Waals surface area contributed by atoms with Crippen LogP contribution in [0.3, 0.4) is 0 Å². The summed E-state index contributed by atoms with van der Waals surface area (Å²) in [5, 5.41) is 0.118. The van der Waals surface area contributed by atoms with Gasteiger partial charge in [-0.3, -0.25) is 9.78 Å². The summed E-state index contributed by atoms with van der Waals surface area (Å²) in [5.41, 5.74) is 6.72. The molecule has 0 aliphatic carbocycles. The van der Waals surface area contributed by atoms with Crippen molar-refractivity contribution >= 4 is 17.7 Å². The van der Waals surface area contributed by atoms with Crippen molar-refractivity contribution in [2.75, 3.05) is 19.4 Å². The maximum Gasteiger partial charge on any atom is 0.315 e. The highest BCUT2D eigenvalue weighted by Crippen LogP contribution is 2.26. The normalized spacial score (nSPS) is 12.1. The fourth-order valence-electron chi connectivity index (χ4n) is 1.11. The SMILES string of the molecule is COC(=O)CSC(CN)c1ccncc1. The summed E-state index contributed by atoms with van der Waals surface area (Å²) in [6.07, 6.45) is 3.44. The van der Waals surface area contributed by atoms with Gasteiger partial charge < -0.3 is 10.5 Å². The van der Waals surface area contributed by atoms with E-state index in [4.69, 9.17) is 5.73 Å². The average molecular weight is 226 g/mol. The first kappa shape index (κ1) is 12.0. The van der Waals surface area contributed by atoms with Gasteiger partial charge in [-0.05, 0) is 17.7 Å². The Kier molecular flexibility index (Phi) is 5.14. The first-order chi connectivity index (χ1) is 7.27. The van der Waals surface area contributed by atoms with Gasteiger partial charge in [0.25, 0.3) is 0 Å². The van der Waals surface area contributed by atoms with E-state index in [0.717, 1.165) is 5.56 Å². The lowest BCUT2D eigenvalue weighted by Gasteiger charge is -2.13. The molecule has 1 rings (SSSR count). The molecule has 0 amide bonds. The van der Waals surface area contributed by atoms with Crippen molar-refractivity contribution in [2.45, 2.75) is 5.25 Å². The number of carbonyl (C=O) groups is 1. The standard InChI is InChI=1S/C10H14N2O2S/c1-14-10(13)7-15-9(6-11)8-2-4-12-5-3-8/h2-5,9H,6-7,11H2,1H3. The van der Waals surface area contributed by atoms with Crippen LogP contribution in [0.25, 0.3) is 0 Å². The minimum atomic E-state index is -0.229. The van der Waals surface area contributed by atoms with E-state index in [2.05, 4.69) is 9.72 Å². The number of hydrogen-bond donors (Lipinski definition) is 1. The molecule has 5 heteroatoms. The van der Waals surface area contributed by atoms with Crippen molar-refractivity contribution in [2.24, 2.45) is 5.73 Å². The van der Waals surface area contributed by atoms with Gasteiger partial charge in [0, 0.05) is 24.2 Å². The number of nitrogens with two attached hydrogens (primary N) is 1. The van der Waals surface area contributed by atoms with Crippen molar-refractivity contribution in [3.63, 3.8) is 0 Å². The Hall–Kier alpha value is -1.07. The zero-order valence-corrected chi connectivity index (χ0v) is 9.37. The zero-order valence-electron chi connectivity index (χ0n) is 8.55. The number of thioether (sulfide) groups is 1. The van der Waals surface area contributed by atoms with Crippen LogP contribution in [0.5, 0.6) is 0 Å². The van der Waals surface area contributed by atoms with Crippen molar-refractivity contribution in [3.05, 3.63) is 30.1 Å². The molecule has 0 bridgehead atoms. The molecule has 0 aliphatic rings. The summed E-state index contributed by atoms with van der Waals surface area (Å²) < 4.78 is 4.57. The molecule has 0 radical (unpaired) electrons. The molecule has 1 atom stereocenters. The Labute approximate surface area is 93.2 Å². The van der Waals surface area contributed by atoms with Gasteiger partial charge in [0.05, 0.1) is 12.9 Å². The van der Waals surface area contributed by atoms with E-state index in [0.29, 0.717) is 12.3 Å². The number of esters is 1. The van der Waals surface area contributed by atoms with Crippen LogP contribution >= 0.6 is 11.8 Å². The van der Waals surface area contributed by atoms with Crippen molar-refractivity contribution in [1.82, 2.24) is 4.98 Å². The van der Waals surface area contributed by atoms with E-state index in [1.54, 1.807) is 12.4 Å². The predicted molar refractivity (Wildman–Crippen MR) is 60.5 cm³/mol. The van der Waals surface area contributed by atoms with Crippen LogP contribution in [0.15, 0.2) is 24.5 Å². The molecule has 1 unspecified atom stereocenters. The van der Waals surface area contributed by atoms with Crippen LogP contribution in [0, 0.1) is 0 Å². The van der Waals surface area contributed by atoms with Gasteiger partial charge in [0.15, 0.2) is 0 Å². The first-order valence-corrected chi connectivity index (χ1v) is 5.61. The van der Waals surface area contributed by atoms with Gasteiger partial charge in [0.1, 0.15) is 0 Å². The molecule has 0 fully saturated rings. The topological polar surface area (TPSA) is 65.2 Å².